The van der Waals surface area contributed by atoms with Crippen LogP contribution in [0.3, 0.4) is 0 Å². The van der Waals surface area contributed by atoms with Crippen molar-refractivity contribution in [1.82, 2.24) is 9.97 Å². The highest BCUT2D eigenvalue weighted by molar-refractivity contribution is 6.39. The molecule has 0 aliphatic carbocycles. The summed E-state index contributed by atoms with van der Waals surface area (Å²) in [6.07, 6.45) is 1.44. The van der Waals surface area contributed by atoms with Gasteiger partial charge in [0.05, 0.1) is 27.0 Å². The standard InChI is InChI=1S/C18H11Cl2N5O/c19-12-5-3-6-13(20)16(12)25-18-22-9-8-15(24-18)17(26)23-14-7-2-1-4-11(14)10-21/h1-9H,(H,23,26)(H,22,24,25). The molecule has 0 aliphatic heterocycles. The Balaban J connectivity index is 1.83. The third-order valence-corrected chi connectivity index (χ3v) is 4.01. The van der Waals surface area contributed by atoms with E-state index in [1.165, 1.54) is 12.3 Å². The molecule has 2 N–H and O–H groups in total. The van der Waals surface area contributed by atoms with Crippen LogP contribution in [0.15, 0.2) is 54.7 Å². The molecule has 0 spiro atoms. The Hall–Kier alpha value is -3.14. The first kappa shape index (κ1) is 17.7. The van der Waals surface area contributed by atoms with Gasteiger partial charge in [-0.3, -0.25) is 4.79 Å². The molecule has 128 valence electrons. The molecule has 1 aromatic heterocycles. The van der Waals surface area contributed by atoms with E-state index in [9.17, 15) is 4.79 Å². The second-order valence-electron chi connectivity index (χ2n) is 5.10. The number of halogens is 2. The Morgan fingerprint density at radius 3 is 2.50 bits per heavy atom. The number of carbonyl (C=O) groups is 1. The normalized spacial score (nSPS) is 10.0. The molecule has 0 fully saturated rings. The maximum absolute atomic E-state index is 12.4. The molecule has 2 aromatic carbocycles. The molecule has 1 heterocycles. The zero-order chi connectivity index (χ0) is 18.5. The van der Waals surface area contributed by atoms with Gasteiger partial charge in [0.1, 0.15) is 11.8 Å². The third kappa shape index (κ3) is 3.91. The lowest BCUT2D eigenvalue weighted by atomic mass is 10.2. The van der Waals surface area contributed by atoms with Crippen LogP contribution >= 0.6 is 23.2 Å². The second kappa shape index (κ2) is 7.83. The van der Waals surface area contributed by atoms with Gasteiger partial charge in [-0.05, 0) is 30.3 Å². The first-order valence-corrected chi connectivity index (χ1v) is 8.18. The minimum Gasteiger partial charge on any atom is -0.322 e. The van der Waals surface area contributed by atoms with Crippen molar-refractivity contribution < 1.29 is 4.79 Å². The number of nitrogens with zero attached hydrogens (tertiary/aromatic N) is 3. The maximum atomic E-state index is 12.4. The molecule has 0 radical (unpaired) electrons. The van der Waals surface area contributed by atoms with Crippen LogP contribution in [-0.2, 0) is 0 Å². The Morgan fingerprint density at radius 1 is 1.04 bits per heavy atom. The molecular formula is C18H11Cl2N5O. The number of hydrogen-bond acceptors (Lipinski definition) is 5. The molecule has 1 amide bonds. The second-order valence-corrected chi connectivity index (χ2v) is 5.91. The summed E-state index contributed by atoms with van der Waals surface area (Å²) in [4.78, 5) is 20.7. The first-order chi connectivity index (χ1) is 12.6. The Labute approximate surface area is 159 Å². The maximum Gasteiger partial charge on any atom is 0.274 e. The molecule has 0 saturated carbocycles. The summed E-state index contributed by atoms with van der Waals surface area (Å²) in [7, 11) is 0. The van der Waals surface area contributed by atoms with Gasteiger partial charge in [-0.15, -0.1) is 0 Å². The minimum atomic E-state index is -0.469. The highest BCUT2D eigenvalue weighted by Crippen LogP contribution is 2.31. The third-order valence-electron chi connectivity index (χ3n) is 3.38. The van der Waals surface area contributed by atoms with E-state index in [1.54, 1.807) is 42.5 Å². The summed E-state index contributed by atoms with van der Waals surface area (Å²) in [5.74, 6) is -0.301. The number of aromatic nitrogens is 2. The van der Waals surface area contributed by atoms with Gasteiger partial charge in [0.15, 0.2) is 0 Å². The lowest BCUT2D eigenvalue weighted by Gasteiger charge is -2.10. The molecule has 0 unspecified atom stereocenters. The van der Waals surface area contributed by atoms with Crippen molar-refractivity contribution in [3.05, 3.63) is 76.0 Å². The number of para-hydroxylation sites is 2. The van der Waals surface area contributed by atoms with Gasteiger partial charge in [0, 0.05) is 6.20 Å². The summed E-state index contributed by atoms with van der Waals surface area (Å²) in [5.41, 5.74) is 1.33. The van der Waals surface area contributed by atoms with E-state index in [-0.39, 0.29) is 11.6 Å². The van der Waals surface area contributed by atoms with E-state index < -0.39 is 5.91 Å². The van der Waals surface area contributed by atoms with E-state index in [4.69, 9.17) is 28.5 Å². The molecular weight excluding hydrogens is 373 g/mol. The van der Waals surface area contributed by atoms with Crippen molar-refractivity contribution in [3.8, 4) is 6.07 Å². The molecule has 8 heteroatoms. The SMILES string of the molecule is N#Cc1ccccc1NC(=O)c1ccnc(Nc2c(Cl)cccc2Cl)n1. The van der Waals surface area contributed by atoms with Crippen molar-refractivity contribution in [3.63, 3.8) is 0 Å². The van der Waals surface area contributed by atoms with Crippen molar-refractivity contribution in [2.24, 2.45) is 0 Å². The fraction of sp³-hybridized carbons (Fsp3) is 0. The van der Waals surface area contributed by atoms with E-state index in [0.717, 1.165) is 0 Å². The van der Waals surface area contributed by atoms with Crippen LogP contribution in [-0.4, -0.2) is 15.9 Å². The molecule has 0 atom stereocenters. The predicted octanol–water partition coefficient (Wildman–Crippen LogP) is 4.65. The summed E-state index contributed by atoms with van der Waals surface area (Å²) in [5, 5.41) is 15.5. The van der Waals surface area contributed by atoms with Gasteiger partial charge < -0.3 is 10.6 Å². The number of nitrogens with one attached hydrogen (secondary N) is 2. The van der Waals surface area contributed by atoms with Gasteiger partial charge in [-0.25, -0.2) is 9.97 Å². The number of amides is 1. The van der Waals surface area contributed by atoms with Gasteiger partial charge in [-0.2, -0.15) is 5.26 Å². The number of anilines is 3. The zero-order valence-corrected chi connectivity index (χ0v) is 14.7. The van der Waals surface area contributed by atoms with E-state index in [0.29, 0.717) is 27.0 Å². The van der Waals surface area contributed by atoms with Crippen molar-refractivity contribution >= 4 is 46.4 Å². The molecule has 3 aromatic rings. The van der Waals surface area contributed by atoms with Gasteiger partial charge in [-0.1, -0.05) is 41.4 Å². The van der Waals surface area contributed by atoms with Gasteiger partial charge >= 0.3 is 0 Å². The van der Waals surface area contributed by atoms with Crippen LogP contribution in [0.5, 0.6) is 0 Å². The summed E-state index contributed by atoms with van der Waals surface area (Å²) in [6.45, 7) is 0. The highest BCUT2D eigenvalue weighted by atomic mass is 35.5. The number of benzene rings is 2. The molecule has 0 bridgehead atoms. The largest absolute Gasteiger partial charge is 0.322 e. The van der Waals surface area contributed by atoms with Gasteiger partial charge in [0.25, 0.3) is 5.91 Å². The minimum absolute atomic E-state index is 0.124. The quantitative estimate of drug-likeness (QED) is 0.683. The van der Waals surface area contributed by atoms with Crippen molar-refractivity contribution in [2.45, 2.75) is 0 Å². The predicted molar refractivity (Wildman–Crippen MR) is 101 cm³/mol. The lowest BCUT2D eigenvalue weighted by Crippen LogP contribution is -2.15. The Kier molecular flexibility index (Phi) is 5.32. The Bertz CT molecular complexity index is 996. The zero-order valence-electron chi connectivity index (χ0n) is 13.2. The topological polar surface area (TPSA) is 90.7 Å². The highest BCUT2D eigenvalue weighted by Gasteiger charge is 2.13. The molecule has 6 nitrogen and oxygen atoms in total. The van der Waals surface area contributed by atoms with Gasteiger partial charge in [0.2, 0.25) is 5.95 Å². The molecule has 0 aliphatic rings. The summed E-state index contributed by atoms with van der Waals surface area (Å²) >= 11 is 12.2. The summed E-state index contributed by atoms with van der Waals surface area (Å²) in [6, 6.07) is 15.2. The molecule has 3 rings (SSSR count). The monoisotopic (exact) mass is 383 g/mol. The van der Waals surface area contributed by atoms with Crippen LogP contribution in [0.25, 0.3) is 0 Å². The van der Waals surface area contributed by atoms with E-state index in [1.807, 2.05) is 6.07 Å². The van der Waals surface area contributed by atoms with Crippen LogP contribution < -0.4 is 10.6 Å². The molecule has 0 saturated heterocycles. The van der Waals surface area contributed by atoms with Crippen molar-refractivity contribution in [2.75, 3.05) is 10.6 Å². The van der Waals surface area contributed by atoms with E-state index in [2.05, 4.69) is 20.6 Å². The van der Waals surface area contributed by atoms with E-state index >= 15 is 0 Å². The van der Waals surface area contributed by atoms with Crippen LogP contribution in [0, 0.1) is 11.3 Å². The average molecular weight is 384 g/mol. The fourth-order valence-corrected chi connectivity index (χ4v) is 2.64. The molecule has 26 heavy (non-hydrogen) atoms. The van der Waals surface area contributed by atoms with Crippen LogP contribution in [0.4, 0.5) is 17.3 Å². The lowest BCUT2D eigenvalue weighted by molar-refractivity contribution is 0.102. The fourth-order valence-electron chi connectivity index (χ4n) is 2.15. The summed E-state index contributed by atoms with van der Waals surface area (Å²) < 4.78 is 0. The average Bonchev–Trinajstić information content (AvgIpc) is 2.65. The Morgan fingerprint density at radius 2 is 1.77 bits per heavy atom. The smallest absolute Gasteiger partial charge is 0.274 e. The van der Waals surface area contributed by atoms with Crippen LogP contribution in [0.2, 0.25) is 10.0 Å². The van der Waals surface area contributed by atoms with Crippen molar-refractivity contribution in [1.29, 1.82) is 5.26 Å². The number of hydrogen-bond donors (Lipinski definition) is 2. The first-order valence-electron chi connectivity index (χ1n) is 7.43. The number of nitriles is 1. The van der Waals surface area contributed by atoms with Crippen LogP contribution in [0.1, 0.15) is 16.1 Å². The number of carbonyl (C=O) groups excluding carboxylic acids is 1. The number of rotatable bonds is 4.